The number of nitrogens with one attached hydrogen (secondary N) is 1. The summed E-state index contributed by atoms with van der Waals surface area (Å²) in [6.45, 7) is 1.79. The minimum absolute atomic E-state index is 0.135. The second-order valence-electron chi connectivity index (χ2n) is 11.4. The first-order chi connectivity index (χ1) is 19.5. The number of aliphatic hydroxyl groups is 3. The van der Waals surface area contributed by atoms with Gasteiger partial charge >= 0.3 is 5.69 Å². The first-order valence-electron chi connectivity index (χ1n) is 16.0. The summed E-state index contributed by atoms with van der Waals surface area (Å²) in [5.74, 6) is -0.0552. The Morgan fingerprint density at radius 2 is 1.30 bits per heavy atom. The molecule has 4 N–H and O–H groups in total. The number of ether oxygens (including phenoxy) is 1. The number of anilines is 1. The van der Waals surface area contributed by atoms with Crippen LogP contribution in [0, 0.1) is 0 Å². The Kier molecular flexibility index (Phi) is 18.0. The Bertz CT molecular complexity index is 864. The molecular weight excluding hydrogens is 510 g/mol. The lowest BCUT2D eigenvalue weighted by Gasteiger charge is -2.17. The van der Waals surface area contributed by atoms with E-state index in [0.29, 0.717) is 6.42 Å². The summed E-state index contributed by atoms with van der Waals surface area (Å²) in [6, 6.07) is 1.45. The fourth-order valence-corrected chi connectivity index (χ4v) is 5.36. The molecule has 9 heteroatoms. The lowest BCUT2D eigenvalue weighted by Crippen LogP contribution is -2.36. The lowest BCUT2D eigenvalue weighted by atomic mass is 10.0. The van der Waals surface area contributed by atoms with Crippen molar-refractivity contribution < 1.29 is 24.9 Å². The number of carbonyl (C=O) groups is 1. The highest BCUT2D eigenvalue weighted by Crippen LogP contribution is 2.28. The quantitative estimate of drug-likeness (QED) is 0.127. The van der Waals surface area contributed by atoms with Gasteiger partial charge in [0.25, 0.3) is 0 Å². The fourth-order valence-electron chi connectivity index (χ4n) is 5.36. The first kappa shape index (κ1) is 34.4. The maximum atomic E-state index is 12.4. The molecule has 1 aromatic heterocycles. The summed E-state index contributed by atoms with van der Waals surface area (Å²) in [5.41, 5.74) is -0.726. The monoisotopic (exact) mass is 565 g/mol. The van der Waals surface area contributed by atoms with Gasteiger partial charge in [-0.25, -0.2) is 4.79 Å². The van der Waals surface area contributed by atoms with Crippen molar-refractivity contribution in [2.24, 2.45) is 0 Å². The molecule has 230 valence electrons. The lowest BCUT2D eigenvalue weighted by molar-refractivity contribution is -0.116. The average molecular weight is 566 g/mol. The van der Waals surface area contributed by atoms with Crippen molar-refractivity contribution in [1.82, 2.24) is 9.55 Å². The molecule has 1 saturated heterocycles. The van der Waals surface area contributed by atoms with Gasteiger partial charge in [0.2, 0.25) is 5.91 Å². The van der Waals surface area contributed by atoms with E-state index in [1.807, 2.05) is 0 Å². The van der Waals surface area contributed by atoms with E-state index in [1.165, 1.54) is 115 Å². The minimum Gasteiger partial charge on any atom is -0.394 e. The number of aliphatic hydroxyl groups excluding tert-OH is 3. The van der Waals surface area contributed by atoms with Gasteiger partial charge in [-0.2, -0.15) is 4.98 Å². The third kappa shape index (κ3) is 13.2. The highest BCUT2D eigenvalue weighted by molar-refractivity contribution is 5.89. The van der Waals surface area contributed by atoms with Crippen molar-refractivity contribution in [2.45, 2.75) is 160 Å². The number of carbonyl (C=O) groups excluding carboxylic acids is 1. The Morgan fingerprint density at radius 3 is 1.73 bits per heavy atom. The molecule has 0 aromatic carbocycles. The van der Waals surface area contributed by atoms with Crippen LogP contribution in [0.25, 0.3) is 0 Å². The number of aromatic nitrogens is 2. The van der Waals surface area contributed by atoms with Crippen LogP contribution in [-0.4, -0.2) is 55.7 Å². The van der Waals surface area contributed by atoms with Gasteiger partial charge < -0.3 is 25.4 Å². The molecule has 40 heavy (non-hydrogen) atoms. The summed E-state index contributed by atoms with van der Waals surface area (Å²) >= 11 is 0. The first-order valence-corrected chi connectivity index (χ1v) is 16.0. The predicted molar refractivity (Wildman–Crippen MR) is 158 cm³/mol. The van der Waals surface area contributed by atoms with Gasteiger partial charge in [-0.15, -0.1) is 0 Å². The van der Waals surface area contributed by atoms with Crippen molar-refractivity contribution in [3.8, 4) is 0 Å². The van der Waals surface area contributed by atoms with E-state index in [4.69, 9.17) is 4.74 Å². The van der Waals surface area contributed by atoms with Gasteiger partial charge in [0.15, 0.2) is 6.23 Å². The second kappa shape index (κ2) is 21.0. The molecule has 0 spiro atoms. The van der Waals surface area contributed by atoms with Crippen LogP contribution in [-0.2, 0) is 9.53 Å². The average Bonchev–Trinajstić information content (AvgIpc) is 3.23. The molecule has 1 aromatic rings. The van der Waals surface area contributed by atoms with E-state index >= 15 is 0 Å². The molecule has 1 aliphatic rings. The summed E-state index contributed by atoms with van der Waals surface area (Å²) in [5, 5.41) is 31.8. The van der Waals surface area contributed by atoms with E-state index in [0.717, 1.165) is 23.8 Å². The van der Waals surface area contributed by atoms with Crippen LogP contribution in [0.1, 0.15) is 142 Å². The highest BCUT2D eigenvalue weighted by Gasteiger charge is 2.43. The molecule has 1 aliphatic heterocycles. The van der Waals surface area contributed by atoms with Crippen LogP contribution in [0.15, 0.2) is 17.1 Å². The highest BCUT2D eigenvalue weighted by atomic mass is 16.6. The standard InChI is InChI=1S/C31H55N3O6/c1-2-3-4-5-6-7-8-9-10-11-12-13-14-15-16-17-18-19-20-21-27(36)32-26-22-23-34(31(39)33-26)30-29(38)28(37)25(24-35)40-30/h22-23,25,28-30,35,37-38H,2-21,24H2,1H3,(H,32,33,36,39)/t25-,28+,29-,30-/m1/s1. The maximum absolute atomic E-state index is 12.4. The third-order valence-corrected chi connectivity index (χ3v) is 7.90. The smallest absolute Gasteiger partial charge is 0.351 e. The van der Waals surface area contributed by atoms with Crippen LogP contribution >= 0.6 is 0 Å². The molecule has 4 atom stereocenters. The molecule has 1 fully saturated rings. The summed E-state index contributed by atoms with van der Waals surface area (Å²) in [4.78, 5) is 28.4. The number of rotatable bonds is 23. The van der Waals surface area contributed by atoms with E-state index in [2.05, 4.69) is 17.2 Å². The third-order valence-electron chi connectivity index (χ3n) is 7.90. The molecule has 0 saturated carbocycles. The molecule has 0 bridgehead atoms. The minimum atomic E-state index is -1.37. The van der Waals surface area contributed by atoms with E-state index in [1.54, 1.807) is 0 Å². The molecule has 9 nitrogen and oxygen atoms in total. The van der Waals surface area contributed by atoms with Gasteiger partial charge in [-0.3, -0.25) is 9.36 Å². The van der Waals surface area contributed by atoms with E-state index in [-0.39, 0.29) is 11.7 Å². The number of nitrogens with zero attached hydrogens (tertiary/aromatic N) is 2. The van der Waals surface area contributed by atoms with Gasteiger partial charge in [-0.1, -0.05) is 122 Å². The second-order valence-corrected chi connectivity index (χ2v) is 11.4. The van der Waals surface area contributed by atoms with Crippen molar-refractivity contribution in [3.05, 3.63) is 22.7 Å². The largest absolute Gasteiger partial charge is 0.394 e. The van der Waals surface area contributed by atoms with Crippen molar-refractivity contribution in [2.75, 3.05) is 11.9 Å². The van der Waals surface area contributed by atoms with Crippen molar-refractivity contribution in [1.29, 1.82) is 0 Å². The summed E-state index contributed by atoms with van der Waals surface area (Å²) < 4.78 is 6.40. The van der Waals surface area contributed by atoms with Crippen LogP contribution in [0.2, 0.25) is 0 Å². The van der Waals surface area contributed by atoms with Gasteiger partial charge in [0, 0.05) is 12.6 Å². The summed E-state index contributed by atoms with van der Waals surface area (Å²) in [7, 11) is 0. The van der Waals surface area contributed by atoms with Crippen LogP contribution < -0.4 is 11.0 Å². The van der Waals surface area contributed by atoms with Gasteiger partial charge in [-0.05, 0) is 12.5 Å². The fraction of sp³-hybridized carbons (Fsp3) is 0.839. The van der Waals surface area contributed by atoms with Crippen molar-refractivity contribution >= 4 is 11.7 Å². The zero-order chi connectivity index (χ0) is 29.0. The number of unbranched alkanes of at least 4 members (excludes halogenated alkanes) is 18. The van der Waals surface area contributed by atoms with Gasteiger partial charge in [0.1, 0.15) is 24.1 Å². The van der Waals surface area contributed by atoms with E-state index in [9.17, 15) is 24.9 Å². The van der Waals surface area contributed by atoms with Crippen LogP contribution in [0.3, 0.4) is 0 Å². The Hall–Kier alpha value is -1.81. The predicted octanol–water partition coefficient (Wildman–Crippen LogP) is 5.62. The Morgan fingerprint density at radius 1 is 0.825 bits per heavy atom. The van der Waals surface area contributed by atoms with Gasteiger partial charge in [0.05, 0.1) is 6.61 Å². The normalized spacial score (nSPS) is 20.7. The number of hydrogen-bond acceptors (Lipinski definition) is 7. The Balaban J connectivity index is 1.43. The van der Waals surface area contributed by atoms with Crippen molar-refractivity contribution in [3.63, 3.8) is 0 Å². The maximum Gasteiger partial charge on any atom is 0.351 e. The molecular formula is C31H55N3O6. The topological polar surface area (TPSA) is 134 Å². The van der Waals surface area contributed by atoms with Crippen LogP contribution in [0.5, 0.6) is 0 Å². The molecule has 1 amide bonds. The van der Waals surface area contributed by atoms with Crippen LogP contribution in [0.4, 0.5) is 5.82 Å². The molecule has 0 aliphatic carbocycles. The molecule has 2 rings (SSSR count). The summed E-state index contributed by atoms with van der Waals surface area (Å²) in [6.07, 6.45) is 21.7. The van der Waals surface area contributed by atoms with E-state index < -0.39 is 36.8 Å². The zero-order valence-electron chi connectivity index (χ0n) is 24.8. The Labute approximate surface area is 240 Å². The zero-order valence-corrected chi connectivity index (χ0v) is 24.8. The molecule has 2 heterocycles. The molecule has 0 unspecified atom stereocenters. The number of hydrogen-bond donors (Lipinski definition) is 4. The molecule has 0 radical (unpaired) electrons. The SMILES string of the molecule is CCCCCCCCCCCCCCCCCCCCCC(=O)Nc1ccn([C@@H]2O[C@H](CO)[C@H](O)[C@H]2O)c(=O)n1. The number of amides is 1.